The smallest absolute Gasteiger partial charge is 0.203 e. The van der Waals surface area contributed by atoms with Crippen molar-refractivity contribution in [2.24, 2.45) is 17.2 Å². The Morgan fingerprint density at radius 2 is 1.85 bits per heavy atom. The van der Waals surface area contributed by atoms with E-state index >= 15 is 0 Å². The van der Waals surface area contributed by atoms with Gasteiger partial charge in [0.1, 0.15) is 5.79 Å². The number of nitrogens with two attached hydrogens (primary N) is 3. The number of rotatable bonds is 8. The fourth-order valence-electron chi connectivity index (χ4n) is 2.79. The van der Waals surface area contributed by atoms with Gasteiger partial charge in [-0.1, -0.05) is 0 Å². The average molecular weight is 365 g/mol. The highest BCUT2D eigenvalue weighted by Crippen LogP contribution is 2.39. The molecule has 0 saturated carbocycles. The monoisotopic (exact) mass is 365 g/mol. The van der Waals surface area contributed by atoms with Crippen molar-refractivity contribution in [3.63, 3.8) is 0 Å². The van der Waals surface area contributed by atoms with E-state index in [1.807, 2.05) is 37.2 Å². The molecule has 0 amide bonds. The molecule has 0 aromatic heterocycles. The molecular formula is C18H31N5O3. The lowest BCUT2D eigenvalue weighted by atomic mass is 10.00. The molecule has 1 aliphatic heterocycles. The van der Waals surface area contributed by atoms with Crippen LogP contribution in [0.3, 0.4) is 0 Å². The van der Waals surface area contributed by atoms with Crippen molar-refractivity contribution in [1.82, 2.24) is 10.2 Å². The molecule has 0 radical (unpaired) electrons. The molecule has 7 N–H and O–H groups in total. The number of nitrogens with zero attached hydrogens (tertiary/aromatic N) is 1. The summed E-state index contributed by atoms with van der Waals surface area (Å²) in [5.41, 5.74) is 20.0. The van der Waals surface area contributed by atoms with Crippen molar-refractivity contribution in [2.45, 2.75) is 31.7 Å². The Morgan fingerprint density at radius 3 is 2.38 bits per heavy atom. The standard InChI is InChI=1S/C18H31N5O3/c1-18(21)22-11-13(17(20)23(18)2)8-12-9-14(24-3)16(15(10-12)25-4)26-7-5-6-19/h9-11,17,22H,5-8,19-21H2,1-4H3. The maximum absolute atomic E-state index is 6.34. The molecule has 146 valence electrons. The van der Waals surface area contributed by atoms with E-state index in [4.69, 9.17) is 31.4 Å². The third kappa shape index (κ3) is 4.39. The number of ether oxygens (including phenoxy) is 3. The van der Waals surface area contributed by atoms with Crippen molar-refractivity contribution in [3.8, 4) is 17.2 Å². The number of likely N-dealkylation sites (N-methyl/N-ethyl adjacent to an activating group) is 1. The van der Waals surface area contributed by atoms with Crippen LogP contribution < -0.4 is 36.7 Å². The summed E-state index contributed by atoms with van der Waals surface area (Å²) in [5.74, 6) is 1.13. The molecule has 0 bridgehead atoms. The summed E-state index contributed by atoms with van der Waals surface area (Å²) < 4.78 is 16.8. The molecule has 26 heavy (non-hydrogen) atoms. The van der Waals surface area contributed by atoms with E-state index in [1.54, 1.807) is 14.2 Å². The van der Waals surface area contributed by atoms with Crippen molar-refractivity contribution < 1.29 is 14.2 Å². The van der Waals surface area contributed by atoms with Gasteiger partial charge in [0.15, 0.2) is 11.5 Å². The number of hydrogen-bond donors (Lipinski definition) is 4. The van der Waals surface area contributed by atoms with Gasteiger partial charge in [-0.15, -0.1) is 0 Å². The SMILES string of the molecule is COc1cc(CC2=CNC(C)(N)N(C)C2N)cc(OC)c1OCCCN. The van der Waals surface area contributed by atoms with Gasteiger partial charge in [0.05, 0.1) is 27.0 Å². The molecule has 0 saturated heterocycles. The van der Waals surface area contributed by atoms with Gasteiger partial charge in [-0.25, -0.2) is 0 Å². The molecule has 1 heterocycles. The minimum Gasteiger partial charge on any atom is -0.493 e. The van der Waals surface area contributed by atoms with Gasteiger partial charge < -0.3 is 31.0 Å². The minimum absolute atomic E-state index is 0.288. The van der Waals surface area contributed by atoms with E-state index < -0.39 is 5.79 Å². The zero-order valence-corrected chi connectivity index (χ0v) is 16.0. The highest BCUT2D eigenvalue weighted by Gasteiger charge is 2.33. The molecule has 0 aliphatic carbocycles. The molecule has 2 atom stereocenters. The van der Waals surface area contributed by atoms with E-state index in [2.05, 4.69) is 5.32 Å². The van der Waals surface area contributed by atoms with Crippen molar-refractivity contribution in [1.29, 1.82) is 0 Å². The van der Waals surface area contributed by atoms with Gasteiger partial charge in [-0.3, -0.25) is 10.6 Å². The van der Waals surface area contributed by atoms with Crippen LogP contribution >= 0.6 is 0 Å². The van der Waals surface area contributed by atoms with Gasteiger partial charge in [-0.2, -0.15) is 0 Å². The van der Waals surface area contributed by atoms with E-state index in [1.165, 1.54) is 0 Å². The lowest BCUT2D eigenvalue weighted by molar-refractivity contribution is 0.0751. The molecule has 0 fully saturated rings. The van der Waals surface area contributed by atoms with Gasteiger partial charge in [0.25, 0.3) is 0 Å². The first kappa shape index (κ1) is 20.3. The predicted octanol–water partition coefficient (Wildman–Crippen LogP) is 0.310. The first-order valence-corrected chi connectivity index (χ1v) is 8.65. The highest BCUT2D eigenvalue weighted by molar-refractivity contribution is 5.54. The molecule has 2 unspecified atom stereocenters. The largest absolute Gasteiger partial charge is 0.493 e. The maximum atomic E-state index is 6.34. The maximum Gasteiger partial charge on any atom is 0.203 e. The zero-order chi connectivity index (χ0) is 19.3. The third-order valence-electron chi connectivity index (χ3n) is 4.60. The summed E-state index contributed by atoms with van der Waals surface area (Å²) in [4.78, 5) is 1.89. The second-order valence-electron chi connectivity index (χ2n) is 6.56. The number of nitrogens with one attached hydrogen (secondary N) is 1. The van der Waals surface area contributed by atoms with Crippen LogP contribution in [0.15, 0.2) is 23.9 Å². The first-order chi connectivity index (χ1) is 12.3. The topological polar surface area (TPSA) is 121 Å². The second kappa shape index (κ2) is 8.59. The van der Waals surface area contributed by atoms with Crippen LogP contribution in [-0.4, -0.2) is 51.3 Å². The van der Waals surface area contributed by atoms with Crippen LogP contribution in [0.5, 0.6) is 17.2 Å². The highest BCUT2D eigenvalue weighted by atomic mass is 16.5. The predicted molar refractivity (Wildman–Crippen MR) is 102 cm³/mol. The molecule has 8 nitrogen and oxygen atoms in total. The van der Waals surface area contributed by atoms with Crippen LogP contribution in [0.25, 0.3) is 0 Å². The Bertz CT molecular complexity index is 623. The normalized spacial score (nSPS) is 23.2. The van der Waals surface area contributed by atoms with E-state index in [0.29, 0.717) is 36.8 Å². The van der Waals surface area contributed by atoms with Crippen LogP contribution in [0, 0.1) is 0 Å². The lowest BCUT2D eigenvalue weighted by Gasteiger charge is -2.44. The van der Waals surface area contributed by atoms with Gasteiger partial charge in [0, 0.05) is 6.20 Å². The Balaban J connectivity index is 2.26. The molecular weight excluding hydrogens is 334 g/mol. The number of benzene rings is 1. The van der Waals surface area contributed by atoms with E-state index in [9.17, 15) is 0 Å². The molecule has 1 aromatic carbocycles. The van der Waals surface area contributed by atoms with Crippen LogP contribution in [-0.2, 0) is 6.42 Å². The Labute approximate surface area is 155 Å². The summed E-state index contributed by atoms with van der Waals surface area (Å²) in [5, 5.41) is 3.17. The van der Waals surface area contributed by atoms with Crippen molar-refractivity contribution >= 4 is 0 Å². The first-order valence-electron chi connectivity index (χ1n) is 8.65. The van der Waals surface area contributed by atoms with Gasteiger partial charge >= 0.3 is 0 Å². The second-order valence-corrected chi connectivity index (χ2v) is 6.56. The van der Waals surface area contributed by atoms with E-state index in [-0.39, 0.29) is 6.17 Å². The minimum atomic E-state index is -0.682. The van der Waals surface area contributed by atoms with Gasteiger partial charge in [0.2, 0.25) is 5.75 Å². The van der Waals surface area contributed by atoms with Crippen molar-refractivity contribution in [3.05, 3.63) is 29.5 Å². The summed E-state index contributed by atoms with van der Waals surface area (Å²) in [6, 6.07) is 3.87. The summed E-state index contributed by atoms with van der Waals surface area (Å²) in [6.07, 6.45) is 2.98. The average Bonchev–Trinajstić information content (AvgIpc) is 2.63. The number of methoxy groups -OCH3 is 2. The molecule has 0 spiro atoms. The summed E-state index contributed by atoms with van der Waals surface area (Å²) >= 11 is 0. The van der Waals surface area contributed by atoms with Crippen LogP contribution in [0.1, 0.15) is 18.9 Å². The van der Waals surface area contributed by atoms with Crippen molar-refractivity contribution in [2.75, 3.05) is 34.4 Å². The Hall–Kier alpha value is -2.00. The zero-order valence-electron chi connectivity index (χ0n) is 16.0. The quantitative estimate of drug-likeness (QED) is 0.486. The molecule has 8 heteroatoms. The summed E-state index contributed by atoms with van der Waals surface area (Å²) in [6.45, 7) is 2.94. The molecule has 2 rings (SSSR count). The Morgan fingerprint density at radius 1 is 1.23 bits per heavy atom. The van der Waals surface area contributed by atoms with Crippen LogP contribution in [0.4, 0.5) is 0 Å². The third-order valence-corrected chi connectivity index (χ3v) is 4.60. The number of hydrogen-bond acceptors (Lipinski definition) is 8. The fourth-order valence-corrected chi connectivity index (χ4v) is 2.79. The fraction of sp³-hybridized carbons (Fsp3) is 0.556. The Kier molecular flexibility index (Phi) is 6.71. The van der Waals surface area contributed by atoms with Gasteiger partial charge in [-0.05, 0) is 56.6 Å². The summed E-state index contributed by atoms with van der Waals surface area (Å²) in [7, 11) is 5.10. The van der Waals surface area contributed by atoms with Crippen LogP contribution in [0.2, 0.25) is 0 Å². The molecule has 1 aromatic rings. The molecule has 1 aliphatic rings. The lowest BCUT2D eigenvalue weighted by Crippen LogP contribution is -2.68. The van der Waals surface area contributed by atoms with E-state index in [0.717, 1.165) is 17.6 Å².